The number of hydrogen-bond acceptors (Lipinski definition) is 3. The Kier molecular flexibility index (Phi) is 5.74. The van der Waals surface area contributed by atoms with Crippen molar-refractivity contribution in [1.29, 1.82) is 0 Å². The monoisotopic (exact) mass is 261 g/mol. The van der Waals surface area contributed by atoms with Gasteiger partial charge in [0, 0.05) is 24.1 Å². The Hall–Kier alpha value is -2.15. The molecule has 0 heterocycles. The molecule has 4 heteroatoms. The molecule has 102 valence electrons. The van der Waals surface area contributed by atoms with Gasteiger partial charge in [-0.2, -0.15) is 0 Å². The van der Waals surface area contributed by atoms with Crippen LogP contribution in [-0.4, -0.2) is 26.2 Å². The molecule has 0 aliphatic heterocycles. The molecule has 0 aliphatic carbocycles. The van der Waals surface area contributed by atoms with Gasteiger partial charge in [0.1, 0.15) is 11.5 Å². The van der Waals surface area contributed by atoms with Crippen LogP contribution in [0.3, 0.4) is 0 Å². The van der Waals surface area contributed by atoms with Crippen LogP contribution >= 0.6 is 0 Å². The van der Waals surface area contributed by atoms with Crippen LogP contribution < -0.4 is 14.8 Å². The maximum absolute atomic E-state index is 12.1. The summed E-state index contributed by atoms with van der Waals surface area (Å²) in [6.45, 7) is 1.98. The molecule has 0 aromatic heterocycles. The number of nitrogens with one attached hydrogen (secondary N) is 1. The van der Waals surface area contributed by atoms with Gasteiger partial charge >= 0.3 is 0 Å². The normalized spacial score (nSPS) is 11.3. The maximum Gasteiger partial charge on any atom is 0.251 e. The Morgan fingerprint density at radius 1 is 1.32 bits per heavy atom. The molecule has 0 fully saturated rings. The van der Waals surface area contributed by atoms with Crippen molar-refractivity contribution in [3.05, 3.63) is 23.8 Å². The minimum absolute atomic E-state index is 0.0188. The standard InChI is InChI=1S/C15H19NO3/c1-5-7-12(6-2)16-15(17)11-8-13(18-3)10-14(9-11)19-4/h1,8-10,12H,6-7H2,2-4H3,(H,16,17). The Bertz CT molecular complexity index is 455. The molecule has 4 nitrogen and oxygen atoms in total. The summed E-state index contributed by atoms with van der Waals surface area (Å²) in [5.74, 6) is 3.53. The predicted octanol–water partition coefficient (Wildman–Crippen LogP) is 2.24. The highest BCUT2D eigenvalue weighted by molar-refractivity contribution is 5.95. The van der Waals surface area contributed by atoms with Gasteiger partial charge in [-0.05, 0) is 18.6 Å². The number of carbonyl (C=O) groups excluding carboxylic acids is 1. The molecular formula is C15H19NO3. The summed E-state index contributed by atoms with van der Waals surface area (Å²) in [5, 5.41) is 2.89. The number of carbonyl (C=O) groups is 1. The predicted molar refractivity (Wildman–Crippen MR) is 74.5 cm³/mol. The second-order valence-corrected chi connectivity index (χ2v) is 4.09. The van der Waals surface area contributed by atoms with E-state index in [0.29, 0.717) is 23.5 Å². The largest absolute Gasteiger partial charge is 0.497 e. The first-order chi connectivity index (χ1) is 9.14. The third-order valence-electron chi connectivity index (χ3n) is 2.81. The van der Waals surface area contributed by atoms with E-state index in [1.165, 1.54) is 0 Å². The zero-order valence-electron chi connectivity index (χ0n) is 11.5. The van der Waals surface area contributed by atoms with Gasteiger partial charge in [0.15, 0.2) is 0 Å². The van der Waals surface area contributed by atoms with Gasteiger partial charge in [-0.25, -0.2) is 0 Å². The highest BCUT2D eigenvalue weighted by Crippen LogP contribution is 2.22. The summed E-state index contributed by atoms with van der Waals surface area (Å²) >= 11 is 0. The quantitative estimate of drug-likeness (QED) is 0.799. The molecule has 1 amide bonds. The first-order valence-electron chi connectivity index (χ1n) is 6.12. The van der Waals surface area contributed by atoms with Crippen LogP contribution in [0.2, 0.25) is 0 Å². The second-order valence-electron chi connectivity index (χ2n) is 4.09. The second kappa shape index (κ2) is 7.32. The summed E-state index contributed by atoms with van der Waals surface area (Å²) in [7, 11) is 3.09. The number of terminal acetylenes is 1. The van der Waals surface area contributed by atoms with Crippen molar-refractivity contribution < 1.29 is 14.3 Å². The van der Waals surface area contributed by atoms with Gasteiger partial charge in [0.2, 0.25) is 0 Å². The molecule has 0 aliphatic rings. The molecule has 1 rings (SSSR count). The highest BCUT2D eigenvalue weighted by atomic mass is 16.5. The Morgan fingerprint density at radius 2 is 1.89 bits per heavy atom. The molecule has 0 radical (unpaired) electrons. The Labute approximate surface area is 114 Å². The zero-order valence-corrected chi connectivity index (χ0v) is 11.5. The SMILES string of the molecule is C#CCC(CC)NC(=O)c1cc(OC)cc(OC)c1. The molecule has 1 unspecified atom stereocenters. The van der Waals surface area contributed by atoms with Gasteiger partial charge < -0.3 is 14.8 Å². The van der Waals surface area contributed by atoms with Gasteiger partial charge in [-0.3, -0.25) is 4.79 Å². The molecule has 0 saturated heterocycles. The van der Waals surface area contributed by atoms with Crippen molar-refractivity contribution in [2.24, 2.45) is 0 Å². The molecule has 1 atom stereocenters. The number of ether oxygens (including phenoxy) is 2. The van der Waals surface area contributed by atoms with Crippen LogP contribution in [0.5, 0.6) is 11.5 Å². The number of amides is 1. The van der Waals surface area contributed by atoms with E-state index < -0.39 is 0 Å². The molecular weight excluding hydrogens is 242 g/mol. The average molecular weight is 261 g/mol. The maximum atomic E-state index is 12.1. The summed E-state index contributed by atoms with van der Waals surface area (Å²) in [5.41, 5.74) is 0.492. The van der Waals surface area contributed by atoms with Crippen molar-refractivity contribution in [2.45, 2.75) is 25.8 Å². The van der Waals surface area contributed by atoms with Crippen LogP contribution in [0.4, 0.5) is 0 Å². The van der Waals surface area contributed by atoms with E-state index in [4.69, 9.17) is 15.9 Å². The fourth-order valence-corrected chi connectivity index (χ4v) is 1.65. The van der Waals surface area contributed by atoms with Crippen molar-refractivity contribution in [1.82, 2.24) is 5.32 Å². The van der Waals surface area contributed by atoms with E-state index in [9.17, 15) is 4.79 Å². The van der Waals surface area contributed by atoms with E-state index in [1.807, 2.05) is 6.92 Å². The topological polar surface area (TPSA) is 47.6 Å². The summed E-state index contributed by atoms with van der Waals surface area (Å²) in [6.07, 6.45) is 6.58. The lowest BCUT2D eigenvalue weighted by Gasteiger charge is -2.15. The Morgan fingerprint density at radius 3 is 2.32 bits per heavy atom. The third-order valence-corrected chi connectivity index (χ3v) is 2.81. The van der Waals surface area contributed by atoms with E-state index in [1.54, 1.807) is 32.4 Å². The highest BCUT2D eigenvalue weighted by Gasteiger charge is 2.13. The number of hydrogen-bond donors (Lipinski definition) is 1. The fourth-order valence-electron chi connectivity index (χ4n) is 1.65. The first kappa shape index (κ1) is 14.9. The van der Waals surface area contributed by atoms with Crippen molar-refractivity contribution in [3.8, 4) is 23.8 Å². The summed E-state index contributed by atoms with van der Waals surface area (Å²) < 4.78 is 10.3. The van der Waals surface area contributed by atoms with Crippen molar-refractivity contribution in [3.63, 3.8) is 0 Å². The van der Waals surface area contributed by atoms with E-state index in [2.05, 4.69) is 11.2 Å². The smallest absolute Gasteiger partial charge is 0.251 e. The molecule has 1 N–H and O–H groups in total. The van der Waals surface area contributed by atoms with Gasteiger partial charge in [0.25, 0.3) is 5.91 Å². The van der Waals surface area contributed by atoms with E-state index in [-0.39, 0.29) is 11.9 Å². The minimum atomic E-state index is -0.181. The zero-order chi connectivity index (χ0) is 14.3. The number of rotatable bonds is 6. The molecule has 1 aromatic rings. The van der Waals surface area contributed by atoms with E-state index in [0.717, 1.165) is 6.42 Å². The average Bonchev–Trinajstić information content (AvgIpc) is 2.45. The van der Waals surface area contributed by atoms with Crippen molar-refractivity contribution >= 4 is 5.91 Å². The minimum Gasteiger partial charge on any atom is -0.497 e. The van der Waals surface area contributed by atoms with Crippen LogP contribution in [0, 0.1) is 12.3 Å². The first-order valence-corrected chi connectivity index (χ1v) is 6.12. The van der Waals surface area contributed by atoms with Gasteiger partial charge in [-0.1, -0.05) is 6.92 Å². The summed E-state index contributed by atoms with van der Waals surface area (Å²) in [6, 6.07) is 5.03. The number of methoxy groups -OCH3 is 2. The van der Waals surface area contributed by atoms with Crippen molar-refractivity contribution in [2.75, 3.05) is 14.2 Å². The molecule has 19 heavy (non-hydrogen) atoms. The molecule has 0 spiro atoms. The Balaban J connectivity index is 2.89. The van der Waals surface area contributed by atoms with E-state index >= 15 is 0 Å². The van der Waals surface area contributed by atoms with Crippen LogP contribution in [0.15, 0.2) is 18.2 Å². The molecule has 0 saturated carbocycles. The lowest BCUT2D eigenvalue weighted by Crippen LogP contribution is -2.34. The third kappa shape index (κ3) is 4.22. The number of benzene rings is 1. The fraction of sp³-hybridized carbons (Fsp3) is 0.400. The van der Waals surface area contributed by atoms with Crippen LogP contribution in [0.25, 0.3) is 0 Å². The van der Waals surface area contributed by atoms with Crippen LogP contribution in [-0.2, 0) is 0 Å². The lowest BCUT2D eigenvalue weighted by atomic mass is 10.1. The van der Waals surface area contributed by atoms with Crippen LogP contribution in [0.1, 0.15) is 30.1 Å². The van der Waals surface area contributed by atoms with Gasteiger partial charge in [-0.15, -0.1) is 12.3 Å². The molecule has 0 bridgehead atoms. The molecule has 1 aromatic carbocycles. The summed E-state index contributed by atoms with van der Waals surface area (Å²) in [4.78, 5) is 12.1. The lowest BCUT2D eigenvalue weighted by molar-refractivity contribution is 0.0936. The van der Waals surface area contributed by atoms with Gasteiger partial charge in [0.05, 0.1) is 14.2 Å².